The van der Waals surface area contributed by atoms with Gasteiger partial charge in [-0.1, -0.05) is 6.07 Å². The van der Waals surface area contributed by atoms with Gasteiger partial charge in [-0.05, 0) is 17.5 Å². The molecule has 1 aliphatic rings. The Kier molecular flexibility index (Phi) is 2.32. The highest BCUT2D eigenvalue weighted by Crippen LogP contribution is 2.16. The first kappa shape index (κ1) is 8.96. The molecule has 1 aromatic heterocycles. The van der Waals surface area contributed by atoms with Crippen molar-refractivity contribution in [2.45, 2.75) is 0 Å². The number of aliphatic carboxylic acids is 1. The molecular weight excluding hydrogens is 200 g/mol. The number of carboxylic acids is 1. The smallest absolute Gasteiger partial charge is 0.337 e. The van der Waals surface area contributed by atoms with Crippen LogP contribution in [0.25, 0.3) is 0 Å². The zero-order chi connectivity index (χ0) is 9.97. The molecule has 2 N–H and O–H groups in total. The Bertz CT molecular complexity index is 406. The molecule has 1 aliphatic heterocycles. The van der Waals surface area contributed by atoms with Gasteiger partial charge in [0.2, 0.25) is 0 Å². The Morgan fingerprint density at radius 1 is 1.64 bits per heavy atom. The van der Waals surface area contributed by atoms with Crippen molar-refractivity contribution >= 4 is 23.0 Å². The molecule has 72 valence electrons. The summed E-state index contributed by atoms with van der Waals surface area (Å²) in [7, 11) is 0. The van der Waals surface area contributed by atoms with E-state index in [9.17, 15) is 4.79 Å². The van der Waals surface area contributed by atoms with Crippen LogP contribution in [0.4, 0.5) is 0 Å². The van der Waals surface area contributed by atoms with E-state index in [0.717, 1.165) is 4.88 Å². The van der Waals surface area contributed by atoms with Gasteiger partial charge < -0.3 is 10.5 Å². The fraction of sp³-hybridized carbons (Fsp3) is 0.111. The van der Waals surface area contributed by atoms with Crippen molar-refractivity contribution in [1.82, 2.24) is 5.43 Å². The van der Waals surface area contributed by atoms with E-state index in [1.165, 1.54) is 11.3 Å². The highest BCUT2D eigenvalue weighted by atomic mass is 32.1. The van der Waals surface area contributed by atoms with Gasteiger partial charge in [-0.2, -0.15) is 5.10 Å². The van der Waals surface area contributed by atoms with Gasteiger partial charge in [0, 0.05) is 0 Å². The topological polar surface area (TPSA) is 61.7 Å². The minimum Gasteiger partial charge on any atom is -0.478 e. The number of nitrogens with zero attached hydrogens (tertiary/aromatic N) is 1. The fourth-order valence-electron chi connectivity index (χ4n) is 1.22. The third-order valence-electron chi connectivity index (χ3n) is 1.83. The highest BCUT2D eigenvalue weighted by Gasteiger charge is 2.19. The molecule has 0 saturated heterocycles. The lowest BCUT2D eigenvalue weighted by atomic mass is 10.1. The summed E-state index contributed by atoms with van der Waals surface area (Å²) in [6.45, 7) is 0.469. The lowest BCUT2D eigenvalue weighted by molar-refractivity contribution is -0.132. The van der Waals surface area contributed by atoms with Crippen LogP contribution in [0.15, 0.2) is 34.3 Å². The Balaban J connectivity index is 2.39. The van der Waals surface area contributed by atoms with Crippen LogP contribution in [0, 0.1) is 0 Å². The maximum atomic E-state index is 10.9. The van der Waals surface area contributed by atoms with E-state index < -0.39 is 5.97 Å². The van der Waals surface area contributed by atoms with E-state index >= 15 is 0 Å². The number of hydrogen-bond acceptors (Lipinski definition) is 4. The molecule has 0 saturated carbocycles. The number of rotatable bonds is 2. The molecule has 0 amide bonds. The van der Waals surface area contributed by atoms with E-state index in [2.05, 4.69) is 10.5 Å². The fourth-order valence-corrected chi connectivity index (χ4v) is 1.95. The van der Waals surface area contributed by atoms with Crippen LogP contribution < -0.4 is 5.43 Å². The summed E-state index contributed by atoms with van der Waals surface area (Å²) >= 11 is 1.48. The van der Waals surface area contributed by atoms with Crippen molar-refractivity contribution < 1.29 is 9.90 Å². The number of carbonyl (C=O) groups is 1. The molecule has 0 aromatic carbocycles. The Labute approximate surface area is 84.6 Å². The molecule has 2 heterocycles. The maximum absolute atomic E-state index is 10.9. The molecule has 14 heavy (non-hydrogen) atoms. The minimum absolute atomic E-state index is 0.270. The molecule has 0 fully saturated rings. The molecule has 4 nitrogen and oxygen atoms in total. The molecule has 1 aromatic rings. The first-order valence-corrected chi connectivity index (χ1v) is 4.95. The number of carboxylic acid groups (broad SMARTS) is 1. The van der Waals surface area contributed by atoms with Gasteiger partial charge in [-0.25, -0.2) is 4.79 Å². The minimum atomic E-state index is -0.932. The van der Waals surface area contributed by atoms with Gasteiger partial charge in [0.1, 0.15) is 5.71 Å². The molecule has 0 spiro atoms. The van der Waals surface area contributed by atoms with Crippen LogP contribution in [0.5, 0.6) is 0 Å². The average Bonchev–Trinajstić information content (AvgIpc) is 2.70. The average molecular weight is 208 g/mol. The second-order valence-corrected chi connectivity index (χ2v) is 3.67. The molecule has 0 unspecified atom stereocenters. The standard InChI is InChI=1S/C9H8N2O2S/c12-9(13)6-3-4-10-11-8(6)7-2-1-5-14-7/h1-3,5,10H,4H2,(H,12,13). The summed E-state index contributed by atoms with van der Waals surface area (Å²) in [5.41, 5.74) is 3.55. The Morgan fingerprint density at radius 2 is 2.50 bits per heavy atom. The van der Waals surface area contributed by atoms with Gasteiger partial charge in [0.05, 0.1) is 17.0 Å². The summed E-state index contributed by atoms with van der Waals surface area (Å²) in [6, 6.07) is 3.73. The van der Waals surface area contributed by atoms with Crippen LogP contribution in [0.2, 0.25) is 0 Å². The molecular formula is C9H8N2O2S. The van der Waals surface area contributed by atoms with Crippen LogP contribution in [0.1, 0.15) is 4.88 Å². The van der Waals surface area contributed by atoms with Crippen molar-refractivity contribution in [1.29, 1.82) is 0 Å². The lowest BCUT2D eigenvalue weighted by Crippen LogP contribution is -2.23. The molecule has 0 radical (unpaired) electrons. The maximum Gasteiger partial charge on any atom is 0.337 e. The second-order valence-electron chi connectivity index (χ2n) is 2.72. The first-order chi connectivity index (χ1) is 6.79. The molecule has 0 bridgehead atoms. The monoisotopic (exact) mass is 208 g/mol. The van der Waals surface area contributed by atoms with Crippen molar-refractivity contribution in [2.75, 3.05) is 6.54 Å². The predicted molar refractivity (Wildman–Crippen MR) is 54.6 cm³/mol. The second kappa shape index (κ2) is 3.63. The van der Waals surface area contributed by atoms with Crippen LogP contribution in [-0.4, -0.2) is 23.3 Å². The summed E-state index contributed by atoms with van der Waals surface area (Å²) < 4.78 is 0. The quantitative estimate of drug-likeness (QED) is 0.764. The van der Waals surface area contributed by atoms with E-state index in [4.69, 9.17) is 5.11 Å². The normalized spacial score (nSPS) is 15.4. The SMILES string of the molecule is O=C(O)C1=CCNN=C1c1cccs1. The van der Waals surface area contributed by atoms with Gasteiger partial charge in [-0.3, -0.25) is 0 Å². The van der Waals surface area contributed by atoms with Crippen molar-refractivity contribution in [2.24, 2.45) is 5.10 Å². The van der Waals surface area contributed by atoms with Crippen molar-refractivity contribution in [3.8, 4) is 0 Å². The molecule has 5 heteroatoms. The molecule has 2 rings (SSSR count). The number of nitrogens with one attached hydrogen (secondary N) is 1. The predicted octanol–water partition coefficient (Wildman–Crippen LogP) is 1.07. The van der Waals surface area contributed by atoms with Crippen LogP contribution in [-0.2, 0) is 4.79 Å². The van der Waals surface area contributed by atoms with E-state index in [1.807, 2.05) is 17.5 Å². The summed E-state index contributed by atoms with van der Waals surface area (Å²) in [4.78, 5) is 11.8. The zero-order valence-electron chi connectivity index (χ0n) is 7.23. The molecule has 0 atom stereocenters. The summed E-state index contributed by atoms with van der Waals surface area (Å²) in [5.74, 6) is -0.932. The number of thiophene rings is 1. The Hall–Kier alpha value is -1.62. The van der Waals surface area contributed by atoms with Crippen LogP contribution in [0.3, 0.4) is 0 Å². The highest BCUT2D eigenvalue weighted by molar-refractivity contribution is 7.12. The summed E-state index contributed by atoms with van der Waals surface area (Å²) in [5, 5.41) is 14.8. The largest absolute Gasteiger partial charge is 0.478 e. The van der Waals surface area contributed by atoms with Gasteiger partial charge >= 0.3 is 5.97 Å². The van der Waals surface area contributed by atoms with Crippen molar-refractivity contribution in [3.05, 3.63) is 34.0 Å². The van der Waals surface area contributed by atoms with Gasteiger partial charge in [-0.15, -0.1) is 11.3 Å². The van der Waals surface area contributed by atoms with E-state index in [-0.39, 0.29) is 5.57 Å². The third-order valence-corrected chi connectivity index (χ3v) is 2.71. The van der Waals surface area contributed by atoms with E-state index in [1.54, 1.807) is 6.08 Å². The van der Waals surface area contributed by atoms with E-state index in [0.29, 0.717) is 12.3 Å². The van der Waals surface area contributed by atoms with Gasteiger partial charge in [0.15, 0.2) is 0 Å². The molecule has 0 aliphatic carbocycles. The third kappa shape index (κ3) is 1.54. The first-order valence-electron chi connectivity index (χ1n) is 4.07. The van der Waals surface area contributed by atoms with Gasteiger partial charge in [0.25, 0.3) is 0 Å². The summed E-state index contributed by atoms with van der Waals surface area (Å²) in [6.07, 6.45) is 1.63. The van der Waals surface area contributed by atoms with Crippen molar-refractivity contribution in [3.63, 3.8) is 0 Å². The number of hydrazone groups is 1. The Morgan fingerprint density at radius 3 is 3.14 bits per heavy atom. The lowest BCUT2D eigenvalue weighted by Gasteiger charge is -2.10. The number of hydrogen-bond donors (Lipinski definition) is 2. The van der Waals surface area contributed by atoms with Crippen LogP contribution >= 0.6 is 11.3 Å². The zero-order valence-corrected chi connectivity index (χ0v) is 8.04.